The molecule has 1 aliphatic rings. The van der Waals surface area contributed by atoms with Gasteiger partial charge in [0.1, 0.15) is 0 Å². The summed E-state index contributed by atoms with van der Waals surface area (Å²) in [6.07, 6.45) is 1.64. The van der Waals surface area contributed by atoms with Crippen LogP contribution in [-0.2, 0) is 14.3 Å². The normalized spacial score (nSPS) is 30.4. The fourth-order valence-electron chi connectivity index (χ4n) is 1.31. The molecule has 4 heteroatoms. The van der Waals surface area contributed by atoms with Crippen molar-refractivity contribution in [2.75, 3.05) is 20.8 Å². The van der Waals surface area contributed by atoms with Gasteiger partial charge in [0.15, 0.2) is 0 Å². The predicted octanol–water partition coefficient (Wildman–Crippen LogP) is -0.115. The van der Waals surface area contributed by atoms with Crippen LogP contribution in [0.25, 0.3) is 0 Å². The molecule has 11 heavy (non-hydrogen) atoms. The Labute approximate surface area is 65.9 Å². The largest absolute Gasteiger partial charge is 0.466 e. The highest BCUT2D eigenvalue weighted by molar-refractivity contribution is 5.79. The Morgan fingerprint density at radius 2 is 2.27 bits per heavy atom. The molecule has 1 fully saturated rings. The van der Waals surface area contributed by atoms with Crippen molar-refractivity contribution in [1.29, 1.82) is 0 Å². The molecule has 0 aromatic rings. The Balaban J connectivity index is 2.66. The van der Waals surface area contributed by atoms with Gasteiger partial charge in [0.05, 0.1) is 7.11 Å². The number of carbonyl (C=O) groups excluding carboxylic acids is 1. The average molecular weight is 159 g/mol. The second kappa shape index (κ2) is 3.19. The van der Waals surface area contributed by atoms with Gasteiger partial charge in [-0.3, -0.25) is 5.32 Å². The monoisotopic (exact) mass is 159 g/mol. The van der Waals surface area contributed by atoms with Gasteiger partial charge in [0.25, 0.3) is 0 Å². The van der Waals surface area contributed by atoms with E-state index in [-0.39, 0.29) is 5.97 Å². The van der Waals surface area contributed by atoms with E-state index in [1.54, 1.807) is 0 Å². The van der Waals surface area contributed by atoms with Crippen molar-refractivity contribution in [2.45, 2.75) is 18.6 Å². The number of rotatable bonds is 2. The van der Waals surface area contributed by atoms with Gasteiger partial charge in [-0.05, 0) is 13.0 Å². The van der Waals surface area contributed by atoms with Crippen LogP contribution in [-0.4, -0.2) is 32.5 Å². The van der Waals surface area contributed by atoms with Crippen molar-refractivity contribution in [3.05, 3.63) is 0 Å². The van der Waals surface area contributed by atoms with E-state index in [1.807, 2.05) is 0 Å². The lowest BCUT2D eigenvalue weighted by atomic mass is 10.2. The van der Waals surface area contributed by atoms with Crippen molar-refractivity contribution in [1.82, 2.24) is 5.32 Å². The highest BCUT2D eigenvalue weighted by Crippen LogP contribution is 2.20. The van der Waals surface area contributed by atoms with Gasteiger partial charge in [0, 0.05) is 13.5 Å². The summed E-state index contributed by atoms with van der Waals surface area (Å²) in [5.41, 5.74) is -0.866. The summed E-state index contributed by atoms with van der Waals surface area (Å²) in [6.45, 7) is 0.808. The first kappa shape index (κ1) is 8.49. The topological polar surface area (TPSA) is 47.6 Å². The van der Waals surface area contributed by atoms with Gasteiger partial charge in [-0.2, -0.15) is 0 Å². The maximum Gasteiger partial charge on any atom is 0.353 e. The Bertz CT molecular complexity index is 152. The highest BCUT2D eigenvalue weighted by Gasteiger charge is 2.42. The van der Waals surface area contributed by atoms with Gasteiger partial charge < -0.3 is 9.47 Å². The molecular weight excluding hydrogens is 146 g/mol. The minimum Gasteiger partial charge on any atom is -0.466 e. The molecule has 0 bridgehead atoms. The number of hydrogen-bond acceptors (Lipinski definition) is 4. The van der Waals surface area contributed by atoms with E-state index in [4.69, 9.17) is 4.74 Å². The Kier molecular flexibility index (Phi) is 2.46. The number of hydrogen-bond donors (Lipinski definition) is 1. The molecule has 1 N–H and O–H groups in total. The Hall–Kier alpha value is -0.610. The van der Waals surface area contributed by atoms with Crippen LogP contribution < -0.4 is 5.32 Å². The zero-order chi connectivity index (χ0) is 8.32. The van der Waals surface area contributed by atoms with E-state index in [2.05, 4.69) is 10.1 Å². The predicted molar refractivity (Wildman–Crippen MR) is 39.0 cm³/mol. The van der Waals surface area contributed by atoms with Crippen molar-refractivity contribution in [3.8, 4) is 0 Å². The van der Waals surface area contributed by atoms with Gasteiger partial charge in [-0.15, -0.1) is 0 Å². The molecule has 0 amide bonds. The van der Waals surface area contributed by atoms with Crippen molar-refractivity contribution in [3.63, 3.8) is 0 Å². The second-order valence-electron chi connectivity index (χ2n) is 2.55. The summed E-state index contributed by atoms with van der Waals surface area (Å²) < 4.78 is 9.67. The molecule has 1 heterocycles. The number of methoxy groups -OCH3 is 2. The average Bonchev–Trinajstić information content (AvgIpc) is 2.52. The number of ether oxygens (including phenoxy) is 2. The fraction of sp³-hybridized carbons (Fsp3) is 0.857. The van der Waals surface area contributed by atoms with Crippen LogP contribution in [0.5, 0.6) is 0 Å². The molecule has 1 atom stereocenters. The quantitative estimate of drug-likeness (QED) is 0.571. The first-order chi connectivity index (χ1) is 5.25. The third kappa shape index (κ3) is 1.36. The molecule has 0 radical (unpaired) electrons. The molecule has 0 unspecified atom stereocenters. The van der Waals surface area contributed by atoms with Gasteiger partial charge in [0.2, 0.25) is 5.72 Å². The van der Waals surface area contributed by atoms with E-state index in [9.17, 15) is 4.79 Å². The number of nitrogens with one attached hydrogen (secondary N) is 1. The summed E-state index contributed by atoms with van der Waals surface area (Å²) in [7, 11) is 2.87. The van der Waals surface area contributed by atoms with Crippen LogP contribution in [0, 0.1) is 0 Å². The molecule has 4 nitrogen and oxygen atoms in total. The van der Waals surface area contributed by atoms with E-state index in [0.29, 0.717) is 6.42 Å². The molecule has 64 valence electrons. The van der Waals surface area contributed by atoms with E-state index in [0.717, 1.165) is 13.0 Å². The summed E-state index contributed by atoms with van der Waals surface area (Å²) in [6, 6.07) is 0. The summed E-state index contributed by atoms with van der Waals surface area (Å²) in [5.74, 6) is -0.336. The molecule has 0 saturated carbocycles. The van der Waals surface area contributed by atoms with Gasteiger partial charge in [-0.1, -0.05) is 0 Å². The van der Waals surface area contributed by atoms with Crippen molar-refractivity contribution < 1.29 is 14.3 Å². The van der Waals surface area contributed by atoms with Crippen LogP contribution >= 0.6 is 0 Å². The molecule has 1 rings (SSSR count). The van der Waals surface area contributed by atoms with Gasteiger partial charge >= 0.3 is 5.97 Å². The van der Waals surface area contributed by atoms with Crippen LogP contribution in [0.1, 0.15) is 12.8 Å². The minimum absolute atomic E-state index is 0.336. The molecule has 0 aromatic carbocycles. The van der Waals surface area contributed by atoms with Crippen LogP contribution in [0.2, 0.25) is 0 Å². The molecule has 1 aliphatic heterocycles. The number of esters is 1. The second-order valence-corrected chi connectivity index (χ2v) is 2.55. The van der Waals surface area contributed by atoms with E-state index < -0.39 is 5.72 Å². The Morgan fingerprint density at radius 1 is 1.55 bits per heavy atom. The van der Waals surface area contributed by atoms with Crippen LogP contribution in [0.4, 0.5) is 0 Å². The minimum atomic E-state index is -0.866. The van der Waals surface area contributed by atoms with Crippen LogP contribution in [0.3, 0.4) is 0 Å². The molecular formula is C7H13NO3. The molecule has 1 saturated heterocycles. The summed E-state index contributed by atoms with van der Waals surface area (Å²) >= 11 is 0. The zero-order valence-corrected chi connectivity index (χ0v) is 6.85. The lowest BCUT2D eigenvalue weighted by Gasteiger charge is -2.23. The number of carbonyl (C=O) groups is 1. The zero-order valence-electron chi connectivity index (χ0n) is 6.85. The Morgan fingerprint density at radius 3 is 2.64 bits per heavy atom. The lowest BCUT2D eigenvalue weighted by molar-refractivity contribution is -0.168. The molecule has 0 aromatic heterocycles. The van der Waals surface area contributed by atoms with Crippen molar-refractivity contribution >= 4 is 5.97 Å². The first-order valence-electron chi connectivity index (χ1n) is 3.64. The van der Waals surface area contributed by atoms with Crippen molar-refractivity contribution in [2.24, 2.45) is 0 Å². The van der Waals surface area contributed by atoms with Gasteiger partial charge in [-0.25, -0.2) is 4.79 Å². The molecule has 0 aliphatic carbocycles. The highest BCUT2D eigenvalue weighted by atomic mass is 16.6. The van der Waals surface area contributed by atoms with Crippen LogP contribution in [0.15, 0.2) is 0 Å². The third-order valence-corrected chi connectivity index (χ3v) is 1.98. The summed E-state index contributed by atoms with van der Waals surface area (Å²) in [4.78, 5) is 11.2. The SMILES string of the molecule is COC(=O)[C@]1(OC)CCCN1. The first-order valence-corrected chi connectivity index (χ1v) is 3.64. The standard InChI is InChI=1S/C7H13NO3/c1-10-6(9)7(11-2)4-3-5-8-7/h8H,3-5H2,1-2H3/t7-/m1/s1. The third-order valence-electron chi connectivity index (χ3n) is 1.98. The molecule has 0 spiro atoms. The maximum absolute atomic E-state index is 11.2. The maximum atomic E-state index is 11.2. The van der Waals surface area contributed by atoms with E-state index in [1.165, 1.54) is 14.2 Å². The smallest absolute Gasteiger partial charge is 0.353 e. The fourth-order valence-corrected chi connectivity index (χ4v) is 1.31. The lowest BCUT2D eigenvalue weighted by Crippen LogP contribution is -2.49. The summed E-state index contributed by atoms with van der Waals surface area (Å²) in [5, 5.41) is 2.97. The van der Waals surface area contributed by atoms with E-state index >= 15 is 0 Å².